The summed E-state index contributed by atoms with van der Waals surface area (Å²) in [5.74, 6) is -0.114. The van der Waals surface area contributed by atoms with Crippen molar-refractivity contribution in [3.05, 3.63) is 80.2 Å². The van der Waals surface area contributed by atoms with Gasteiger partial charge >= 0.3 is 0 Å². The number of amides is 1. The van der Waals surface area contributed by atoms with Crippen LogP contribution in [0.3, 0.4) is 0 Å². The molecule has 6 heteroatoms. The van der Waals surface area contributed by atoms with Gasteiger partial charge in [-0.3, -0.25) is 14.5 Å². The molecule has 0 saturated carbocycles. The van der Waals surface area contributed by atoms with Crippen LogP contribution in [0.2, 0.25) is 0 Å². The molecule has 0 bridgehead atoms. The fourth-order valence-corrected chi connectivity index (χ4v) is 5.67. The molecule has 0 saturated heterocycles. The Labute approximate surface area is 179 Å². The monoisotopic (exact) mass is 424 g/mol. The zero-order chi connectivity index (χ0) is 20.2. The summed E-state index contributed by atoms with van der Waals surface area (Å²) in [4.78, 5) is 29.9. The third-order valence-corrected chi connectivity index (χ3v) is 7.25. The molecule has 2 aromatic heterocycles. The van der Waals surface area contributed by atoms with Gasteiger partial charge in [0.2, 0.25) is 5.91 Å². The number of carbonyl (C=O) groups excluding carboxylic acids is 2. The second kappa shape index (κ2) is 9.03. The second-order valence-electron chi connectivity index (χ2n) is 7.36. The zero-order valence-corrected chi connectivity index (χ0v) is 18.0. The Balaban J connectivity index is 1.47. The summed E-state index contributed by atoms with van der Waals surface area (Å²) in [6.07, 6.45) is 1.48. The molecule has 0 aliphatic carbocycles. The van der Waals surface area contributed by atoms with Crippen LogP contribution in [-0.4, -0.2) is 35.7 Å². The first kappa shape index (κ1) is 20.0. The van der Waals surface area contributed by atoms with Crippen LogP contribution < -0.4 is 5.32 Å². The summed E-state index contributed by atoms with van der Waals surface area (Å²) in [5, 5.41) is 7.19. The van der Waals surface area contributed by atoms with Crippen molar-refractivity contribution in [1.29, 1.82) is 0 Å². The summed E-state index contributed by atoms with van der Waals surface area (Å²) in [7, 11) is 0. The third-order valence-electron chi connectivity index (χ3n) is 5.33. The highest BCUT2D eigenvalue weighted by Crippen LogP contribution is 2.39. The van der Waals surface area contributed by atoms with E-state index in [1.54, 1.807) is 29.6 Å². The normalized spacial score (nSPS) is 17.5. The average Bonchev–Trinajstić information content (AvgIpc) is 3.40. The summed E-state index contributed by atoms with van der Waals surface area (Å²) >= 11 is 3.52. The lowest BCUT2D eigenvalue weighted by molar-refractivity contribution is -0.127. The van der Waals surface area contributed by atoms with Gasteiger partial charge < -0.3 is 5.32 Å². The van der Waals surface area contributed by atoms with Crippen molar-refractivity contribution >= 4 is 34.4 Å². The number of benzene rings is 1. The standard InChI is InChI=1S/C23H24N2O2S2/c1-16(26)19(14-17-6-3-2-4-7-17)24-22(27)15-25-11-9-20-18(10-13-29-20)23(25)21-8-5-12-28-21/h2-8,10,12-13,19,23H,9,11,14-15H2,1H3,(H,24,27). The molecule has 0 spiro atoms. The number of nitrogens with zero attached hydrogens (tertiary/aromatic N) is 1. The van der Waals surface area contributed by atoms with E-state index in [-0.39, 0.29) is 24.3 Å². The third kappa shape index (κ3) is 4.66. The fourth-order valence-electron chi connectivity index (χ4n) is 3.89. The molecule has 1 N–H and O–H groups in total. The van der Waals surface area contributed by atoms with Crippen molar-refractivity contribution in [3.8, 4) is 0 Å². The first-order valence-corrected chi connectivity index (χ1v) is 11.5. The van der Waals surface area contributed by atoms with E-state index >= 15 is 0 Å². The van der Waals surface area contributed by atoms with Crippen molar-refractivity contribution in [1.82, 2.24) is 10.2 Å². The molecule has 1 aromatic carbocycles. The number of Topliss-reactive ketones (excluding diaryl/α,β-unsaturated/α-hetero) is 1. The van der Waals surface area contributed by atoms with Gasteiger partial charge in [0.1, 0.15) is 0 Å². The number of hydrogen-bond donors (Lipinski definition) is 1. The summed E-state index contributed by atoms with van der Waals surface area (Å²) in [5.41, 5.74) is 2.36. The maximum absolute atomic E-state index is 12.9. The Morgan fingerprint density at radius 2 is 1.93 bits per heavy atom. The molecule has 4 rings (SSSR count). The maximum atomic E-state index is 12.9. The fraction of sp³-hybridized carbons (Fsp3) is 0.304. The Kier molecular flexibility index (Phi) is 6.23. The quantitative estimate of drug-likeness (QED) is 0.622. The van der Waals surface area contributed by atoms with E-state index in [0.717, 1.165) is 18.5 Å². The number of hydrogen-bond acceptors (Lipinski definition) is 5. The van der Waals surface area contributed by atoms with Crippen molar-refractivity contribution in [2.45, 2.75) is 31.8 Å². The number of ketones is 1. The van der Waals surface area contributed by atoms with E-state index in [2.05, 4.69) is 39.2 Å². The maximum Gasteiger partial charge on any atom is 0.234 e. The van der Waals surface area contributed by atoms with Crippen LogP contribution in [0.4, 0.5) is 0 Å². The van der Waals surface area contributed by atoms with Gasteiger partial charge in [-0.05, 0) is 53.8 Å². The Hall–Kier alpha value is -2.28. The van der Waals surface area contributed by atoms with Crippen LogP contribution in [0.25, 0.3) is 0 Å². The highest BCUT2D eigenvalue weighted by atomic mass is 32.1. The SMILES string of the molecule is CC(=O)C(Cc1ccccc1)NC(=O)CN1CCc2sccc2C1c1cccs1. The number of thiophene rings is 2. The van der Waals surface area contributed by atoms with Crippen LogP contribution in [0.15, 0.2) is 59.3 Å². The van der Waals surface area contributed by atoms with Gasteiger partial charge in [0.25, 0.3) is 0 Å². The number of rotatable bonds is 7. The minimum atomic E-state index is -0.494. The van der Waals surface area contributed by atoms with E-state index in [4.69, 9.17) is 0 Å². The Morgan fingerprint density at radius 1 is 1.10 bits per heavy atom. The highest BCUT2D eigenvalue weighted by Gasteiger charge is 2.32. The predicted octanol–water partition coefficient (Wildman–Crippen LogP) is 4.07. The van der Waals surface area contributed by atoms with Gasteiger partial charge in [-0.25, -0.2) is 0 Å². The molecule has 4 nitrogen and oxygen atoms in total. The topological polar surface area (TPSA) is 49.4 Å². The van der Waals surface area contributed by atoms with Crippen LogP contribution in [0, 0.1) is 0 Å². The first-order chi connectivity index (χ1) is 14.1. The molecule has 1 aliphatic heterocycles. The van der Waals surface area contributed by atoms with Crippen LogP contribution in [-0.2, 0) is 22.4 Å². The van der Waals surface area contributed by atoms with Crippen LogP contribution in [0.1, 0.15) is 33.8 Å². The minimum Gasteiger partial charge on any atom is -0.345 e. The van der Waals surface area contributed by atoms with Crippen LogP contribution >= 0.6 is 22.7 Å². The van der Waals surface area contributed by atoms with Crippen molar-refractivity contribution < 1.29 is 9.59 Å². The molecule has 3 heterocycles. The molecule has 0 fully saturated rings. The second-order valence-corrected chi connectivity index (χ2v) is 9.34. The van der Waals surface area contributed by atoms with E-state index in [1.165, 1.54) is 15.3 Å². The first-order valence-electron chi connectivity index (χ1n) is 9.79. The molecule has 150 valence electrons. The van der Waals surface area contributed by atoms with E-state index in [1.807, 2.05) is 30.3 Å². The van der Waals surface area contributed by atoms with Crippen LogP contribution in [0.5, 0.6) is 0 Å². The number of carbonyl (C=O) groups is 2. The van der Waals surface area contributed by atoms with E-state index in [0.29, 0.717) is 6.42 Å². The molecule has 29 heavy (non-hydrogen) atoms. The van der Waals surface area contributed by atoms with Crippen molar-refractivity contribution in [3.63, 3.8) is 0 Å². The molecule has 2 atom stereocenters. The molecule has 0 radical (unpaired) electrons. The summed E-state index contributed by atoms with van der Waals surface area (Å²) in [6.45, 7) is 2.67. The van der Waals surface area contributed by atoms with Gasteiger partial charge in [-0.15, -0.1) is 22.7 Å². The number of nitrogens with one attached hydrogen (secondary N) is 1. The lowest BCUT2D eigenvalue weighted by Gasteiger charge is -2.35. The van der Waals surface area contributed by atoms with Gasteiger partial charge in [0, 0.05) is 16.3 Å². The van der Waals surface area contributed by atoms with Crippen molar-refractivity contribution in [2.24, 2.45) is 0 Å². The van der Waals surface area contributed by atoms with Gasteiger partial charge in [0.05, 0.1) is 18.6 Å². The minimum absolute atomic E-state index is 0.0178. The number of fused-ring (bicyclic) bond motifs is 1. The molecule has 3 aromatic rings. The van der Waals surface area contributed by atoms with Gasteiger partial charge in [0.15, 0.2) is 5.78 Å². The molecule has 2 unspecified atom stereocenters. The lowest BCUT2D eigenvalue weighted by Crippen LogP contribution is -2.48. The largest absolute Gasteiger partial charge is 0.345 e. The Morgan fingerprint density at radius 3 is 2.66 bits per heavy atom. The highest BCUT2D eigenvalue weighted by molar-refractivity contribution is 7.10. The zero-order valence-electron chi connectivity index (χ0n) is 16.3. The summed E-state index contributed by atoms with van der Waals surface area (Å²) in [6, 6.07) is 15.8. The van der Waals surface area contributed by atoms with Crippen molar-refractivity contribution in [2.75, 3.05) is 13.1 Å². The summed E-state index contributed by atoms with van der Waals surface area (Å²) < 4.78 is 0. The molecular formula is C23H24N2O2S2. The Bertz CT molecular complexity index is 966. The van der Waals surface area contributed by atoms with E-state index < -0.39 is 6.04 Å². The predicted molar refractivity (Wildman–Crippen MR) is 119 cm³/mol. The molecule has 1 amide bonds. The lowest BCUT2D eigenvalue weighted by atomic mass is 9.98. The molecular weight excluding hydrogens is 400 g/mol. The average molecular weight is 425 g/mol. The smallest absolute Gasteiger partial charge is 0.234 e. The van der Waals surface area contributed by atoms with E-state index in [9.17, 15) is 9.59 Å². The van der Waals surface area contributed by atoms with Gasteiger partial charge in [-0.2, -0.15) is 0 Å². The molecule has 1 aliphatic rings. The van der Waals surface area contributed by atoms with Gasteiger partial charge in [-0.1, -0.05) is 36.4 Å².